The second kappa shape index (κ2) is 11.8. The van der Waals surface area contributed by atoms with Crippen LogP contribution in [0.2, 0.25) is 0 Å². The Bertz CT molecular complexity index is 672. The van der Waals surface area contributed by atoms with Gasteiger partial charge in [-0.05, 0) is 43.5 Å². The molecule has 0 radical (unpaired) electrons. The highest BCUT2D eigenvalue weighted by Crippen LogP contribution is 2.15. The standard InChI is InChI=1S/C21H26N2O3/c1-2-25-21(24)13-7-4-8-15-26-23-20(19-12-9-14-22-17-19)16-18-10-5-3-6-11-18/h3,5-6,9-12,14,16-17,23H,2,4,7-8,13,15H2,1H3. The third kappa shape index (κ3) is 7.49. The number of carbonyl (C=O) groups excluding carboxylic acids is 1. The number of carbonyl (C=O) groups is 1. The number of benzene rings is 1. The van der Waals surface area contributed by atoms with E-state index in [1.807, 2.05) is 55.5 Å². The van der Waals surface area contributed by atoms with Crippen LogP contribution in [0, 0.1) is 0 Å². The molecule has 26 heavy (non-hydrogen) atoms. The summed E-state index contributed by atoms with van der Waals surface area (Å²) in [5.41, 5.74) is 5.93. The van der Waals surface area contributed by atoms with E-state index < -0.39 is 0 Å². The van der Waals surface area contributed by atoms with Crippen molar-refractivity contribution in [1.29, 1.82) is 0 Å². The van der Waals surface area contributed by atoms with Gasteiger partial charge in [0, 0.05) is 24.4 Å². The summed E-state index contributed by atoms with van der Waals surface area (Å²) in [6.07, 6.45) is 8.65. The molecule has 1 aromatic carbocycles. The third-order valence-corrected chi connectivity index (χ3v) is 3.70. The fourth-order valence-electron chi connectivity index (χ4n) is 2.39. The molecule has 2 aromatic rings. The predicted molar refractivity (Wildman–Crippen MR) is 103 cm³/mol. The van der Waals surface area contributed by atoms with Gasteiger partial charge in [0.2, 0.25) is 0 Å². The Kier molecular flexibility index (Phi) is 8.94. The number of aromatic nitrogens is 1. The highest BCUT2D eigenvalue weighted by Gasteiger charge is 2.03. The molecule has 0 amide bonds. The van der Waals surface area contributed by atoms with Crippen molar-refractivity contribution in [2.24, 2.45) is 0 Å². The topological polar surface area (TPSA) is 60.5 Å². The van der Waals surface area contributed by atoms with Gasteiger partial charge in [-0.3, -0.25) is 20.1 Å². The second-order valence-corrected chi connectivity index (χ2v) is 5.78. The van der Waals surface area contributed by atoms with E-state index in [9.17, 15) is 4.79 Å². The average Bonchev–Trinajstić information content (AvgIpc) is 2.68. The molecule has 1 heterocycles. The molecule has 0 fully saturated rings. The van der Waals surface area contributed by atoms with Crippen molar-refractivity contribution in [1.82, 2.24) is 10.5 Å². The van der Waals surface area contributed by atoms with E-state index in [1.54, 1.807) is 12.4 Å². The lowest BCUT2D eigenvalue weighted by molar-refractivity contribution is -0.143. The van der Waals surface area contributed by atoms with Gasteiger partial charge in [-0.25, -0.2) is 0 Å². The molecule has 5 heteroatoms. The Balaban J connectivity index is 1.79. The Morgan fingerprint density at radius 3 is 2.69 bits per heavy atom. The number of nitrogens with zero attached hydrogens (tertiary/aromatic N) is 1. The van der Waals surface area contributed by atoms with Gasteiger partial charge in [-0.1, -0.05) is 36.8 Å². The number of pyridine rings is 1. The van der Waals surface area contributed by atoms with Crippen LogP contribution in [0.25, 0.3) is 11.8 Å². The van der Waals surface area contributed by atoms with Gasteiger partial charge in [0.1, 0.15) is 0 Å². The van der Waals surface area contributed by atoms with Gasteiger partial charge in [-0.2, -0.15) is 0 Å². The van der Waals surface area contributed by atoms with E-state index in [0.29, 0.717) is 19.6 Å². The zero-order valence-electron chi connectivity index (χ0n) is 15.2. The van der Waals surface area contributed by atoms with Gasteiger partial charge in [0.05, 0.1) is 18.9 Å². The van der Waals surface area contributed by atoms with Crippen molar-refractivity contribution in [2.45, 2.75) is 32.6 Å². The molecule has 1 aromatic heterocycles. The van der Waals surface area contributed by atoms with Gasteiger partial charge in [0.15, 0.2) is 0 Å². The lowest BCUT2D eigenvalue weighted by Crippen LogP contribution is -2.14. The second-order valence-electron chi connectivity index (χ2n) is 5.78. The van der Waals surface area contributed by atoms with E-state index in [-0.39, 0.29) is 5.97 Å². The monoisotopic (exact) mass is 354 g/mol. The number of esters is 1. The first-order chi connectivity index (χ1) is 12.8. The van der Waals surface area contributed by atoms with Crippen LogP contribution in [0.1, 0.15) is 43.7 Å². The van der Waals surface area contributed by atoms with Crippen LogP contribution in [-0.2, 0) is 14.4 Å². The highest BCUT2D eigenvalue weighted by molar-refractivity contribution is 5.79. The van der Waals surface area contributed by atoms with E-state index in [4.69, 9.17) is 9.57 Å². The molecule has 2 rings (SSSR count). The van der Waals surface area contributed by atoms with Gasteiger partial charge >= 0.3 is 5.97 Å². The van der Waals surface area contributed by atoms with Gasteiger partial charge in [0.25, 0.3) is 0 Å². The summed E-state index contributed by atoms with van der Waals surface area (Å²) in [7, 11) is 0. The number of hydrogen-bond donors (Lipinski definition) is 1. The Morgan fingerprint density at radius 1 is 1.12 bits per heavy atom. The summed E-state index contributed by atoms with van der Waals surface area (Å²) in [5, 5.41) is 0. The summed E-state index contributed by atoms with van der Waals surface area (Å²) in [4.78, 5) is 21.1. The molecular formula is C21H26N2O3. The maximum absolute atomic E-state index is 11.3. The number of rotatable bonds is 11. The lowest BCUT2D eigenvalue weighted by atomic mass is 10.1. The maximum atomic E-state index is 11.3. The third-order valence-electron chi connectivity index (χ3n) is 3.70. The molecule has 0 saturated carbocycles. The van der Waals surface area contributed by atoms with E-state index in [2.05, 4.69) is 10.5 Å². The van der Waals surface area contributed by atoms with Gasteiger partial charge < -0.3 is 4.74 Å². The largest absolute Gasteiger partial charge is 0.466 e. The first-order valence-electron chi connectivity index (χ1n) is 9.00. The molecular weight excluding hydrogens is 328 g/mol. The maximum Gasteiger partial charge on any atom is 0.305 e. The number of hydroxylamine groups is 1. The van der Waals surface area contributed by atoms with Crippen molar-refractivity contribution < 1.29 is 14.4 Å². The van der Waals surface area contributed by atoms with Crippen molar-refractivity contribution in [2.75, 3.05) is 13.2 Å². The fraction of sp³-hybridized carbons (Fsp3) is 0.333. The van der Waals surface area contributed by atoms with E-state index in [0.717, 1.165) is 36.1 Å². The Morgan fingerprint density at radius 2 is 1.96 bits per heavy atom. The normalized spacial score (nSPS) is 11.2. The summed E-state index contributed by atoms with van der Waals surface area (Å²) in [6, 6.07) is 13.9. The molecule has 1 N–H and O–H groups in total. The molecule has 0 saturated heterocycles. The fourth-order valence-corrected chi connectivity index (χ4v) is 2.39. The van der Waals surface area contributed by atoms with Crippen LogP contribution < -0.4 is 5.48 Å². The minimum absolute atomic E-state index is 0.129. The Hall–Kier alpha value is -2.66. The zero-order chi connectivity index (χ0) is 18.5. The molecule has 0 aliphatic rings. The first-order valence-corrected chi connectivity index (χ1v) is 9.00. The average molecular weight is 354 g/mol. The minimum atomic E-state index is -0.129. The molecule has 138 valence electrons. The van der Waals surface area contributed by atoms with Crippen molar-refractivity contribution >= 4 is 17.7 Å². The van der Waals surface area contributed by atoms with Crippen molar-refractivity contribution in [3.05, 3.63) is 66.0 Å². The Labute approximate surface area is 155 Å². The molecule has 0 spiro atoms. The van der Waals surface area contributed by atoms with Crippen LogP contribution in [0.5, 0.6) is 0 Å². The summed E-state index contributed by atoms with van der Waals surface area (Å²) in [5.74, 6) is -0.129. The zero-order valence-corrected chi connectivity index (χ0v) is 15.2. The molecule has 0 atom stereocenters. The minimum Gasteiger partial charge on any atom is -0.466 e. The van der Waals surface area contributed by atoms with Crippen LogP contribution >= 0.6 is 0 Å². The highest BCUT2D eigenvalue weighted by atomic mass is 16.6. The number of ether oxygens (including phenoxy) is 1. The summed E-state index contributed by atoms with van der Waals surface area (Å²) >= 11 is 0. The molecule has 0 bridgehead atoms. The quantitative estimate of drug-likeness (QED) is 0.372. The molecule has 5 nitrogen and oxygen atoms in total. The summed E-state index contributed by atoms with van der Waals surface area (Å²) < 4.78 is 4.91. The van der Waals surface area contributed by atoms with Gasteiger partial charge in [-0.15, -0.1) is 0 Å². The smallest absolute Gasteiger partial charge is 0.305 e. The number of hydrogen-bond acceptors (Lipinski definition) is 5. The molecule has 0 aliphatic carbocycles. The van der Waals surface area contributed by atoms with Crippen molar-refractivity contribution in [3.8, 4) is 0 Å². The molecule has 0 unspecified atom stereocenters. The number of nitrogens with one attached hydrogen (secondary N) is 1. The SMILES string of the molecule is CCOC(=O)CCCCCONC(=Cc1ccccc1)c1cccnc1. The van der Waals surface area contributed by atoms with Crippen LogP contribution in [0.15, 0.2) is 54.9 Å². The predicted octanol–water partition coefficient (Wildman–Crippen LogP) is 4.22. The lowest BCUT2D eigenvalue weighted by Gasteiger charge is -2.11. The summed E-state index contributed by atoms with van der Waals surface area (Å²) in [6.45, 7) is 2.83. The van der Waals surface area contributed by atoms with Crippen molar-refractivity contribution in [3.63, 3.8) is 0 Å². The molecule has 0 aliphatic heterocycles. The van der Waals surface area contributed by atoms with E-state index in [1.165, 1.54) is 0 Å². The number of unbranched alkanes of at least 4 members (excludes halogenated alkanes) is 2. The first kappa shape index (κ1) is 19.7. The van der Waals surface area contributed by atoms with Crippen LogP contribution in [0.3, 0.4) is 0 Å². The van der Waals surface area contributed by atoms with Crippen LogP contribution in [0.4, 0.5) is 0 Å². The van der Waals surface area contributed by atoms with Crippen LogP contribution in [-0.4, -0.2) is 24.2 Å². The van der Waals surface area contributed by atoms with E-state index >= 15 is 0 Å².